The minimum absolute atomic E-state index is 0.381. The Balaban J connectivity index is 1.63. The van der Waals surface area contributed by atoms with Crippen LogP contribution >= 0.6 is 11.3 Å². The first kappa shape index (κ1) is 12.0. The largest absolute Gasteiger partial charge is 0.381 e. The molecule has 1 aromatic heterocycles. The third-order valence-electron chi connectivity index (χ3n) is 3.24. The van der Waals surface area contributed by atoms with Gasteiger partial charge in [0.25, 0.3) is 0 Å². The molecule has 2 rings (SSSR count). The third kappa shape index (κ3) is 3.54. The van der Waals surface area contributed by atoms with Crippen molar-refractivity contribution in [3.05, 3.63) is 16.6 Å². The van der Waals surface area contributed by atoms with E-state index in [1.54, 1.807) is 11.3 Å². The SMILES string of the molecule is CC(NCCC1CCOCC1)c1cscn1. The fourth-order valence-electron chi connectivity index (χ4n) is 2.08. The zero-order valence-corrected chi connectivity index (χ0v) is 10.6. The van der Waals surface area contributed by atoms with Gasteiger partial charge in [-0.2, -0.15) is 0 Å². The van der Waals surface area contributed by atoms with Gasteiger partial charge in [0.2, 0.25) is 0 Å². The number of ether oxygens (including phenoxy) is 1. The molecule has 1 fully saturated rings. The van der Waals surface area contributed by atoms with Gasteiger partial charge in [0, 0.05) is 24.6 Å². The molecule has 1 saturated heterocycles. The summed E-state index contributed by atoms with van der Waals surface area (Å²) >= 11 is 1.66. The van der Waals surface area contributed by atoms with E-state index in [0.29, 0.717) is 6.04 Å². The standard InChI is InChI=1S/C12H20N2OS/c1-10(12-8-16-9-14-12)13-5-2-11-3-6-15-7-4-11/h8-11,13H,2-7H2,1H3. The Labute approximate surface area is 101 Å². The number of nitrogens with zero attached hydrogens (tertiary/aromatic N) is 1. The summed E-state index contributed by atoms with van der Waals surface area (Å²) in [4.78, 5) is 4.32. The number of nitrogens with one attached hydrogen (secondary N) is 1. The van der Waals surface area contributed by atoms with E-state index in [0.717, 1.165) is 31.4 Å². The second-order valence-corrected chi connectivity index (χ2v) is 5.15. The van der Waals surface area contributed by atoms with Crippen molar-refractivity contribution in [1.82, 2.24) is 10.3 Å². The number of aromatic nitrogens is 1. The molecule has 0 aromatic carbocycles. The summed E-state index contributed by atoms with van der Waals surface area (Å²) in [6.07, 6.45) is 3.72. The predicted molar refractivity (Wildman–Crippen MR) is 66.7 cm³/mol. The summed E-state index contributed by atoms with van der Waals surface area (Å²) in [5.41, 5.74) is 3.06. The Kier molecular flexibility index (Phi) is 4.75. The average molecular weight is 240 g/mol. The molecule has 0 radical (unpaired) electrons. The van der Waals surface area contributed by atoms with Crippen molar-refractivity contribution in [3.8, 4) is 0 Å². The van der Waals surface area contributed by atoms with Crippen LogP contribution < -0.4 is 5.32 Å². The fraction of sp³-hybridized carbons (Fsp3) is 0.750. The van der Waals surface area contributed by atoms with Gasteiger partial charge in [-0.3, -0.25) is 0 Å². The lowest BCUT2D eigenvalue weighted by molar-refractivity contribution is 0.0638. The van der Waals surface area contributed by atoms with Crippen LogP contribution in [0.25, 0.3) is 0 Å². The van der Waals surface area contributed by atoms with Gasteiger partial charge in [0.05, 0.1) is 11.2 Å². The number of thiazole rings is 1. The van der Waals surface area contributed by atoms with Crippen molar-refractivity contribution < 1.29 is 4.74 Å². The van der Waals surface area contributed by atoms with Crippen LogP contribution in [0.4, 0.5) is 0 Å². The first-order valence-corrected chi connectivity index (χ1v) is 7.00. The fourth-order valence-corrected chi connectivity index (χ4v) is 2.73. The summed E-state index contributed by atoms with van der Waals surface area (Å²) < 4.78 is 5.36. The topological polar surface area (TPSA) is 34.1 Å². The maximum Gasteiger partial charge on any atom is 0.0795 e. The van der Waals surface area contributed by atoms with Crippen LogP contribution in [0, 0.1) is 5.92 Å². The van der Waals surface area contributed by atoms with Gasteiger partial charge in [-0.05, 0) is 38.6 Å². The van der Waals surface area contributed by atoms with E-state index in [1.807, 2.05) is 5.51 Å². The Morgan fingerprint density at radius 2 is 2.38 bits per heavy atom. The summed E-state index contributed by atoms with van der Waals surface area (Å²) in [6.45, 7) is 5.17. The molecule has 0 aliphatic carbocycles. The lowest BCUT2D eigenvalue weighted by atomic mass is 9.96. The summed E-state index contributed by atoms with van der Waals surface area (Å²) in [5.74, 6) is 0.851. The first-order valence-electron chi connectivity index (χ1n) is 6.05. The van der Waals surface area contributed by atoms with Crippen LogP contribution in [0.3, 0.4) is 0 Å². The van der Waals surface area contributed by atoms with Crippen molar-refractivity contribution in [2.75, 3.05) is 19.8 Å². The maximum atomic E-state index is 5.36. The smallest absolute Gasteiger partial charge is 0.0795 e. The molecule has 1 aliphatic rings. The summed E-state index contributed by atoms with van der Waals surface area (Å²) in [5, 5.41) is 5.65. The van der Waals surface area contributed by atoms with Crippen LogP contribution in [0.2, 0.25) is 0 Å². The average Bonchev–Trinajstić information content (AvgIpc) is 2.84. The number of rotatable bonds is 5. The molecule has 2 heterocycles. The van der Waals surface area contributed by atoms with Crippen LogP contribution in [0.1, 0.15) is 37.9 Å². The molecule has 16 heavy (non-hydrogen) atoms. The van der Waals surface area contributed by atoms with Crippen molar-refractivity contribution in [3.63, 3.8) is 0 Å². The number of hydrogen-bond acceptors (Lipinski definition) is 4. The summed E-state index contributed by atoms with van der Waals surface area (Å²) in [6, 6.07) is 0.381. The Morgan fingerprint density at radius 1 is 1.56 bits per heavy atom. The van der Waals surface area contributed by atoms with Crippen LogP contribution in [-0.2, 0) is 4.74 Å². The number of hydrogen-bond donors (Lipinski definition) is 1. The normalized spacial score (nSPS) is 19.8. The second-order valence-electron chi connectivity index (χ2n) is 4.43. The van der Waals surface area contributed by atoms with Crippen molar-refractivity contribution in [2.24, 2.45) is 5.92 Å². The van der Waals surface area contributed by atoms with E-state index in [4.69, 9.17) is 4.74 Å². The van der Waals surface area contributed by atoms with Gasteiger partial charge >= 0.3 is 0 Å². The van der Waals surface area contributed by atoms with E-state index >= 15 is 0 Å². The van der Waals surface area contributed by atoms with Crippen LogP contribution in [0.15, 0.2) is 10.9 Å². The minimum atomic E-state index is 0.381. The molecule has 1 aliphatic heterocycles. The molecule has 0 bridgehead atoms. The Hall–Kier alpha value is -0.450. The lowest BCUT2D eigenvalue weighted by Crippen LogP contribution is -2.24. The quantitative estimate of drug-likeness (QED) is 0.859. The molecule has 1 atom stereocenters. The van der Waals surface area contributed by atoms with Crippen LogP contribution in [0.5, 0.6) is 0 Å². The molecule has 1 N–H and O–H groups in total. The van der Waals surface area contributed by atoms with Crippen LogP contribution in [-0.4, -0.2) is 24.7 Å². The zero-order chi connectivity index (χ0) is 11.2. The lowest BCUT2D eigenvalue weighted by Gasteiger charge is -2.22. The van der Waals surface area contributed by atoms with Crippen molar-refractivity contribution >= 4 is 11.3 Å². The minimum Gasteiger partial charge on any atom is -0.381 e. The molecule has 3 nitrogen and oxygen atoms in total. The monoisotopic (exact) mass is 240 g/mol. The molecular formula is C12H20N2OS. The van der Waals surface area contributed by atoms with Gasteiger partial charge in [-0.15, -0.1) is 11.3 Å². The van der Waals surface area contributed by atoms with E-state index in [-0.39, 0.29) is 0 Å². The highest BCUT2D eigenvalue weighted by molar-refractivity contribution is 7.07. The molecule has 90 valence electrons. The van der Waals surface area contributed by atoms with Gasteiger partial charge < -0.3 is 10.1 Å². The highest BCUT2D eigenvalue weighted by Crippen LogP contribution is 2.18. The zero-order valence-electron chi connectivity index (χ0n) is 9.82. The van der Waals surface area contributed by atoms with E-state index in [2.05, 4.69) is 22.6 Å². The highest BCUT2D eigenvalue weighted by Gasteiger charge is 2.14. The van der Waals surface area contributed by atoms with E-state index < -0.39 is 0 Å². The molecular weight excluding hydrogens is 220 g/mol. The van der Waals surface area contributed by atoms with Crippen molar-refractivity contribution in [2.45, 2.75) is 32.2 Å². The third-order valence-corrected chi connectivity index (χ3v) is 3.84. The van der Waals surface area contributed by atoms with Crippen molar-refractivity contribution in [1.29, 1.82) is 0 Å². The maximum absolute atomic E-state index is 5.36. The van der Waals surface area contributed by atoms with Gasteiger partial charge in [0.15, 0.2) is 0 Å². The predicted octanol–water partition coefficient (Wildman–Crippen LogP) is 2.61. The second kappa shape index (κ2) is 6.33. The molecule has 0 amide bonds. The molecule has 4 heteroatoms. The Morgan fingerprint density at radius 3 is 3.06 bits per heavy atom. The Bertz CT molecular complexity index is 283. The van der Waals surface area contributed by atoms with E-state index in [9.17, 15) is 0 Å². The van der Waals surface area contributed by atoms with Gasteiger partial charge in [-0.25, -0.2) is 4.98 Å². The summed E-state index contributed by atoms with van der Waals surface area (Å²) in [7, 11) is 0. The van der Waals surface area contributed by atoms with Gasteiger partial charge in [-0.1, -0.05) is 0 Å². The highest BCUT2D eigenvalue weighted by atomic mass is 32.1. The van der Waals surface area contributed by atoms with E-state index in [1.165, 1.54) is 19.3 Å². The molecule has 0 saturated carbocycles. The molecule has 1 aromatic rings. The first-order chi connectivity index (χ1) is 7.86. The molecule has 1 unspecified atom stereocenters. The van der Waals surface area contributed by atoms with Gasteiger partial charge in [0.1, 0.15) is 0 Å². The molecule has 0 spiro atoms.